The molecule has 148 valence electrons. The summed E-state index contributed by atoms with van der Waals surface area (Å²) in [5.74, 6) is 0.665. The van der Waals surface area contributed by atoms with Gasteiger partial charge in [-0.2, -0.15) is 0 Å². The molecule has 7 nitrogen and oxygen atoms in total. The number of ether oxygens (including phenoxy) is 1. The Morgan fingerprint density at radius 1 is 1.22 bits per heavy atom. The second-order valence-corrected chi connectivity index (χ2v) is 8.16. The molecule has 1 aliphatic rings. The molecule has 2 rings (SSSR count). The van der Waals surface area contributed by atoms with Crippen molar-refractivity contribution in [1.29, 1.82) is 0 Å². The van der Waals surface area contributed by atoms with E-state index < -0.39 is 17.7 Å². The number of amidine groups is 1. The van der Waals surface area contributed by atoms with E-state index in [9.17, 15) is 9.59 Å². The summed E-state index contributed by atoms with van der Waals surface area (Å²) in [4.78, 5) is 29.0. The van der Waals surface area contributed by atoms with Crippen molar-refractivity contribution in [1.82, 2.24) is 16.2 Å². The summed E-state index contributed by atoms with van der Waals surface area (Å²) in [6.07, 6.45) is 0.659. The zero-order chi connectivity index (χ0) is 20.0. The van der Waals surface area contributed by atoms with Crippen molar-refractivity contribution in [2.45, 2.75) is 65.1 Å². The number of carbonyl (C=O) groups is 2. The van der Waals surface area contributed by atoms with Crippen LogP contribution in [0, 0.1) is 5.92 Å². The van der Waals surface area contributed by atoms with Crippen LogP contribution in [0.1, 0.15) is 46.6 Å². The van der Waals surface area contributed by atoms with Crippen molar-refractivity contribution in [2.75, 3.05) is 0 Å². The van der Waals surface area contributed by atoms with Crippen LogP contribution in [0.25, 0.3) is 0 Å². The van der Waals surface area contributed by atoms with Crippen LogP contribution in [0.5, 0.6) is 0 Å². The molecule has 0 spiro atoms. The number of hydrazine groups is 1. The van der Waals surface area contributed by atoms with Gasteiger partial charge in [0.15, 0.2) is 0 Å². The fourth-order valence-electron chi connectivity index (χ4n) is 2.78. The van der Waals surface area contributed by atoms with Crippen LogP contribution in [0.3, 0.4) is 0 Å². The molecule has 0 aliphatic carbocycles. The Hall–Kier alpha value is -2.57. The lowest BCUT2D eigenvalue weighted by Gasteiger charge is -2.29. The van der Waals surface area contributed by atoms with Crippen molar-refractivity contribution in [3.8, 4) is 0 Å². The molecule has 0 radical (unpaired) electrons. The summed E-state index contributed by atoms with van der Waals surface area (Å²) in [6.45, 7) is 9.57. The highest BCUT2D eigenvalue weighted by molar-refractivity contribution is 5.97. The Balaban J connectivity index is 2.16. The number of aliphatic imine (C=N–C) groups is 1. The van der Waals surface area contributed by atoms with Gasteiger partial charge in [0.05, 0.1) is 6.04 Å². The smallest absolute Gasteiger partial charge is 0.408 e. The lowest BCUT2D eigenvalue weighted by Crippen LogP contribution is -2.59. The molecular formula is C20H30N4O3. The Labute approximate surface area is 160 Å². The van der Waals surface area contributed by atoms with E-state index in [1.165, 1.54) is 0 Å². The highest BCUT2D eigenvalue weighted by atomic mass is 16.6. The van der Waals surface area contributed by atoms with E-state index >= 15 is 0 Å². The van der Waals surface area contributed by atoms with Crippen LogP contribution in [0.4, 0.5) is 4.79 Å². The molecule has 3 N–H and O–H groups in total. The van der Waals surface area contributed by atoms with Crippen LogP contribution in [0.2, 0.25) is 0 Å². The molecule has 0 aromatic heterocycles. The summed E-state index contributed by atoms with van der Waals surface area (Å²) >= 11 is 0. The summed E-state index contributed by atoms with van der Waals surface area (Å²) in [6, 6.07) is 8.82. The molecule has 2 atom stereocenters. The summed E-state index contributed by atoms with van der Waals surface area (Å²) in [5.41, 5.74) is 5.95. The standard InChI is InChI=1S/C20H30N4O3/c1-13(2)11-15(22-19(26)27-20(3,4)5)17-21-16(18(25)24-23-17)12-14-9-7-6-8-10-14/h6-10,13,15-16H,11-12H2,1-5H3,(H,21,23)(H,22,26)(H,24,25)/t15-,16-/m0/s1. The van der Waals surface area contributed by atoms with Crippen LogP contribution in [-0.4, -0.2) is 35.5 Å². The maximum atomic E-state index is 12.2. The third-order valence-electron chi connectivity index (χ3n) is 3.91. The van der Waals surface area contributed by atoms with Gasteiger partial charge in [0.1, 0.15) is 17.5 Å². The fourth-order valence-corrected chi connectivity index (χ4v) is 2.78. The highest BCUT2D eigenvalue weighted by Crippen LogP contribution is 2.13. The average molecular weight is 374 g/mol. The molecule has 1 aliphatic heterocycles. The molecule has 0 bridgehead atoms. The van der Waals surface area contributed by atoms with Gasteiger partial charge in [0, 0.05) is 6.42 Å². The number of alkyl carbamates (subject to hydrolysis) is 1. The molecule has 0 saturated carbocycles. The molecule has 1 heterocycles. The zero-order valence-electron chi connectivity index (χ0n) is 16.7. The van der Waals surface area contributed by atoms with Gasteiger partial charge in [-0.05, 0) is 38.7 Å². The quantitative estimate of drug-likeness (QED) is 0.714. The van der Waals surface area contributed by atoms with Gasteiger partial charge < -0.3 is 10.1 Å². The average Bonchev–Trinajstić information content (AvgIpc) is 2.55. The number of carbonyl (C=O) groups excluding carboxylic acids is 2. The molecule has 0 saturated heterocycles. The minimum absolute atomic E-state index is 0.192. The fraction of sp³-hybridized carbons (Fsp3) is 0.550. The summed E-state index contributed by atoms with van der Waals surface area (Å²) in [7, 11) is 0. The third kappa shape index (κ3) is 6.92. The van der Waals surface area contributed by atoms with Gasteiger partial charge in [-0.15, -0.1) is 0 Å². The van der Waals surface area contributed by atoms with Crippen molar-refractivity contribution in [2.24, 2.45) is 10.9 Å². The normalized spacial score (nSPS) is 18.2. The number of rotatable bonds is 6. The number of hydrogen-bond acceptors (Lipinski definition) is 5. The first kappa shape index (κ1) is 20.7. The number of amides is 2. The van der Waals surface area contributed by atoms with E-state index in [4.69, 9.17) is 4.74 Å². The highest BCUT2D eigenvalue weighted by Gasteiger charge is 2.29. The van der Waals surface area contributed by atoms with Gasteiger partial charge in [0.25, 0.3) is 5.91 Å². The monoisotopic (exact) mass is 374 g/mol. The first-order valence-corrected chi connectivity index (χ1v) is 9.31. The van der Waals surface area contributed by atoms with E-state index in [0.717, 1.165) is 5.56 Å². The molecule has 7 heteroatoms. The maximum absolute atomic E-state index is 12.2. The van der Waals surface area contributed by atoms with Crippen LogP contribution in [0.15, 0.2) is 35.3 Å². The van der Waals surface area contributed by atoms with E-state index in [-0.39, 0.29) is 11.9 Å². The van der Waals surface area contributed by atoms with E-state index in [2.05, 4.69) is 35.0 Å². The largest absolute Gasteiger partial charge is 0.444 e. The van der Waals surface area contributed by atoms with E-state index in [1.807, 2.05) is 51.1 Å². The predicted molar refractivity (Wildman–Crippen MR) is 105 cm³/mol. The second kappa shape index (κ2) is 8.88. The van der Waals surface area contributed by atoms with Crippen LogP contribution in [-0.2, 0) is 16.0 Å². The molecule has 27 heavy (non-hydrogen) atoms. The number of hydrogen-bond donors (Lipinski definition) is 3. The molecule has 0 fully saturated rings. The maximum Gasteiger partial charge on any atom is 0.408 e. The molecule has 0 unspecified atom stereocenters. The SMILES string of the molecule is CC(C)C[C@H](NC(=O)OC(C)(C)C)C1=N[C@@H](Cc2ccccc2)C(=O)NN1. The first-order chi connectivity index (χ1) is 12.6. The lowest BCUT2D eigenvalue weighted by atomic mass is 10.0. The first-order valence-electron chi connectivity index (χ1n) is 9.31. The molecular weight excluding hydrogens is 344 g/mol. The van der Waals surface area contributed by atoms with Crippen LogP contribution < -0.4 is 16.2 Å². The Morgan fingerprint density at radius 2 is 1.89 bits per heavy atom. The van der Waals surface area contributed by atoms with Gasteiger partial charge in [0.2, 0.25) is 0 Å². The zero-order valence-corrected chi connectivity index (χ0v) is 16.7. The summed E-state index contributed by atoms with van der Waals surface area (Å²) < 4.78 is 5.36. The Bertz CT molecular complexity index is 680. The minimum Gasteiger partial charge on any atom is -0.444 e. The number of nitrogens with one attached hydrogen (secondary N) is 3. The lowest BCUT2D eigenvalue weighted by molar-refractivity contribution is -0.123. The molecule has 1 aromatic rings. The number of benzene rings is 1. The third-order valence-corrected chi connectivity index (χ3v) is 3.91. The topological polar surface area (TPSA) is 91.8 Å². The van der Waals surface area contributed by atoms with Crippen molar-refractivity contribution < 1.29 is 14.3 Å². The van der Waals surface area contributed by atoms with Crippen LogP contribution >= 0.6 is 0 Å². The van der Waals surface area contributed by atoms with Crippen molar-refractivity contribution in [3.63, 3.8) is 0 Å². The Morgan fingerprint density at radius 3 is 2.48 bits per heavy atom. The molecule has 2 amide bonds. The van der Waals surface area contributed by atoms with Gasteiger partial charge in [-0.25, -0.2) is 4.79 Å². The summed E-state index contributed by atoms with van der Waals surface area (Å²) in [5, 5.41) is 2.87. The minimum atomic E-state index is -0.585. The van der Waals surface area contributed by atoms with Gasteiger partial charge in [-0.3, -0.25) is 20.6 Å². The number of nitrogens with zero attached hydrogens (tertiary/aromatic N) is 1. The second-order valence-electron chi connectivity index (χ2n) is 8.16. The van der Waals surface area contributed by atoms with Gasteiger partial charge in [-0.1, -0.05) is 44.2 Å². The van der Waals surface area contributed by atoms with Crippen molar-refractivity contribution >= 4 is 17.8 Å². The predicted octanol–water partition coefficient (Wildman–Crippen LogP) is 2.57. The van der Waals surface area contributed by atoms with Gasteiger partial charge >= 0.3 is 6.09 Å². The molecule has 1 aromatic carbocycles. The van der Waals surface area contributed by atoms with E-state index in [1.54, 1.807) is 0 Å². The van der Waals surface area contributed by atoms with E-state index in [0.29, 0.717) is 24.6 Å². The van der Waals surface area contributed by atoms with Crippen molar-refractivity contribution in [3.05, 3.63) is 35.9 Å². The Kier molecular flexibility index (Phi) is 6.82.